The molecule has 0 aromatic carbocycles. The van der Waals surface area contributed by atoms with Crippen molar-refractivity contribution in [3.63, 3.8) is 0 Å². The first-order valence-corrected chi connectivity index (χ1v) is 9.95. The number of hydrogen-bond donors (Lipinski definition) is 0. The van der Waals surface area contributed by atoms with Crippen LogP contribution in [0.25, 0.3) is 0 Å². The highest BCUT2D eigenvalue weighted by atomic mass is 79.9. The molecule has 0 radical (unpaired) electrons. The Morgan fingerprint density at radius 3 is 2.37 bits per heavy atom. The molecule has 1 saturated carbocycles. The molecule has 8 heteroatoms. The third-order valence-corrected chi connectivity index (χ3v) is 6.09. The van der Waals surface area contributed by atoms with E-state index in [2.05, 4.69) is 21.0 Å². The normalized spacial score (nSPS) is 18.8. The van der Waals surface area contributed by atoms with E-state index < -0.39 is 5.60 Å². The number of likely N-dealkylation sites (tertiary alicyclic amines) is 1. The van der Waals surface area contributed by atoms with Crippen LogP contribution in [-0.4, -0.2) is 51.0 Å². The number of nitrogens with zero attached hydrogens (tertiary/aromatic N) is 3. The summed E-state index contributed by atoms with van der Waals surface area (Å²) in [7, 11) is 0. The first-order chi connectivity index (χ1) is 12.4. The lowest BCUT2D eigenvalue weighted by Crippen LogP contribution is -2.64. The molecule has 1 aromatic heterocycles. The Labute approximate surface area is 167 Å². The van der Waals surface area contributed by atoms with Crippen LogP contribution in [0.3, 0.4) is 0 Å². The summed E-state index contributed by atoms with van der Waals surface area (Å²) >= 11 is 3.44. The Bertz CT molecular complexity index is 795. The molecule has 27 heavy (non-hydrogen) atoms. The largest absolute Gasteiger partial charge is 0.444 e. The molecule has 2 fully saturated rings. The van der Waals surface area contributed by atoms with Gasteiger partial charge < -0.3 is 9.64 Å². The Kier molecular flexibility index (Phi) is 4.99. The molecule has 2 aliphatic rings. The van der Waals surface area contributed by atoms with E-state index in [-0.39, 0.29) is 35.5 Å². The summed E-state index contributed by atoms with van der Waals surface area (Å²) < 4.78 is 7.96. The number of aromatic nitrogens is 2. The predicted octanol–water partition coefficient (Wildman–Crippen LogP) is 3.69. The number of Topliss-reactive ketones (excluding diaryl/α,β-unsaturated/α-hetero) is 2. The van der Waals surface area contributed by atoms with Crippen molar-refractivity contribution >= 4 is 33.6 Å². The van der Waals surface area contributed by atoms with Crippen molar-refractivity contribution in [2.75, 3.05) is 13.1 Å². The third kappa shape index (κ3) is 3.95. The van der Waals surface area contributed by atoms with E-state index >= 15 is 0 Å². The second-order valence-electron chi connectivity index (χ2n) is 8.89. The number of carbonyl (C=O) groups excluding carboxylic acids is 3. The number of amides is 1. The first kappa shape index (κ1) is 20.0. The number of halogens is 1. The van der Waals surface area contributed by atoms with Crippen molar-refractivity contribution < 1.29 is 19.1 Å². The van der Waals surface area contributed by atoms with E-state index in [9.17, 15) is 14.4 Å². The SMILES string of the molecule is CC(=O)CC(=O)c1nn(C2CC3(C2)CN(C(=O)OC(C)(C)C)C3)c(C)c1Br. The first-order valence-electron chi connectivity index (χ1n) is 9.16. The van der Waals surface area contributed by atoms with E-state index in [1.54, 1.807) is 4.90 Å². The third-order valence-electron chi connectivity index (χ3n) is 5.14. The summed E-state index contributed by atoms with van der Waals surface area (Å²) in [5.41, 5.74) is 0.872. The van der Waals surface area contributed by atoms with Gasteiger partial charge >= 0.3 is 6.09 Å². The van der Waals surface area contributed by atoms with Crippen molar-refractivity contribution in [1.29, 1.82) is 0 Å². The molecule has 0 bridgehead atoms. The van der Waals surface area contributed by atoms with Crippen LogP contribution < -0.4 is 0 Å². The standard InChI is InChI=1S/C19H26BrN3O4/c1-11(24)6-14(25)16-15(20)12(2)23(21-16)13-7-19(8-13)9-22(10-19)17(26)27-18(3,4)5/h13H,6-10H2,1-5H3. The Morgan fingerprint density at radius 2 is 1.85 bits per heavy atom. The van der Waals surface area contributed by atoms with Gasteiger partial charge in [0.25, 0.3) is 0 Å². The van der Waals surface area contributed by atoms with Gasteiger partial charge in [-0.2, -0.15) is 5.10 Å². The molecule has 7 nitrogen and oxygen atoms in total. The van der Waals surface area contributed by atoms with Crippen molar-refractivity contribution in [2.24, 2.45) is 5.41 Å². The number of carbonyl (C=O) groups is 3. The molecule has 1 saturated heterocycles. The van der Waals surface area contributed by atoms with Gasteiger partial charge in [-0.3, -0.25) is 14.3 Å². The molecular weight excluding hydrogens is 414 g/mol. The monoisotopic (exact) mass is 439 g/mol. The minimum atomic E-state index is -0.483. The van der Waals surface area contributed by atoms with E-state index in [0.717, 1.165) is 18.5 Å². The Hall–Kier alpha value is -1.70. The maximum Gasteiger partial charge on any atom is 0.410 e. The summed E-state index contributed by atoms with van der Waals surface area (Å²) in [5, 5.41) is 4.47. The lowest BCUT2D eigenvalue weighted by molar-refractivity contribution is -0.116. The highest BCUT2D eigenvalue weighted by Gasteiger charge is 2.55. The molecule has 0 unspecified atom stereocenters. The van der Waals surface area contributed by atoms with Gasteiger partial charge in [-0.05, 0) is 63.4 Å². The summed E-state index contributed by atoms with van der Waals surface area (Å²) in [6.45, 7) is 10.3. The van der Waals surface area contributed by atoms with Gasteiger partial charge in [0.1, 0.15) is 17.1 Å². The van der Waals surface area contributed by atoms with Gasteiger partial charge in [0.2, 0.25) is 0 Å². The summed E-state index contributed by atoms with van der Waals surface area (Å²) in [6, 6.07) is 0.209. The quantitative estimate of drug-likeness (QED) is 0.527. The number of rotatable bonds is 4. The van der Waals surface area contributed by atoms with E-state index in [0.29, 0.717) is 23.3 Å². The molecule has 148 valence electrons. The molecule has 1 spiro atoms. The molecule has 2 heterocycles. The molecule has 0 atom stereocenters. The van der Waals surface area contributed by atoms with Crippen LogP contribution in [0.4, 0.5) is 4.79 Å². The minimum absolute atomic E-state index is 0.130. The number of ether oxygens (including phenoxy) is 1. The lowest BCUT2D eigenvalue weighted by Gasteiger charge is -2.58. The fourth-order valence-electron chi connectivity index (χ4n) is 3.93. The zero-order valence-electron chi connectivity index (χ0n) is 16.5. The van der Waals surface area contributed by atoms with Gasteiger partial charge in [0.15, 0.2) is 5.78 Å². The van der Waals surface area contributed by atoms with Crippen LogP contribution in [0.15, 0.2) is 4.47 Å². The van der Waals surface area contributed by atoms with Gasteiger partial charge in [0.05, 0.1) is 22.6 Å². The fraction of sp³-hybridized carbons (Fsp3) is 0.684. The second kappa shape index (κ2) is 6.72. The smallest absolute Gasteiger partial charge is 0.410 e. The van der Waals surface area contributed by atoms with Crippen LogP contribution in [0, 0.1) is 12.3 Å². The molecule has 0 N–H and O–H groups in total. The van der Waals surface area contributed by atoms with Crippen molar-refractivity contribution in [2.45, 2.75) is 65.5 Å². The zero-order valence-corrected chi connectivity index (χ0v) is 18.1. The average Bonchev–Trinajstić information content (AvgIpc) is 2.70. The maximum absolute atomic E-state index is 12.2. The van der Waals surface area contributed by atoms with Crippen LogP contribution >= 0.6 is 15.9 Å². The second-order valence-corrected chi connectivity index (χ2v) is 9.69. The fourth-order valence-corrected chi connectivity index (χ4v) is 4.41. The molecule has 1 aliphatic carbocycles. The van der Waals surface area contributed by atoms with E-state index in [1.807, 2.05) is 32.4 Å². The number of ketones is 2. The molecule has 1 amide bonds. The number of hydrogen-bond acceptors (Lipinski definition) is 5. The summed E-state index contributed by atoms with van der Waals surface area (Å²) in [5.74, 6) is -0.427. The lowest BCUT2D eigenvalue weighted by atomic mass is 9.61. The molecular formula is C19H26BrN3O4. The molecule has 1 aromatic rings. The van der Waals surface area contributed by atoms with E-state index in [4.69, 9.17) is 4.74 Å². The summed E-state index contributed by atoms with van der Waals surface area (Å²) in [6.07, 6.45) is 1.45. The van der Waals surface area contributed by atoms with E-state index in [1.165, 1.54) is 6.92 Å². The summed E-state index contributed by atoms with van der Waals surface area (Å²) in [4.78, 5) is 37.3. The van der Waals surface area contributed by atoms with Crippen LogP contribution in [-0.2, 0) is 9.53 Å². The van der Waals surface area contributed by atoms with Crippen molar-refractivity contribution in [1.82, 2.24) is 14.7 Å². The minimum Gasteiger partial charge on any atom is -0.444 e. The predicted molar refractivity (Wildman–Crippen MR) is 103 cm³/mol. The highest BCUT2D eigenvalue weighted by molar-refractivity contribution is 9.10. The highest BCUT2D eigenvalue weighted by Crippen LogP contribution is 2.54. The molecule has 1 aliphatic heterocycles. The maximum atomic E-state index is 12.2. The van der Waals surface area contributed by atoms with Gasteiger partial charge in [-0.15, -0.1) is 0 Å². The van der Waals surface area contributed by atoms with Crippen LogP contribution in [0.5, 0.6) is 0 Å². The topological polar surface area (TPSA) is 81.5 Å². The van der Waals surface area contributed by atoms with Crippen molar-refractivity contribution in [3.05, 3.63) is 15.9 Å². The molecule has 3 rings (SSSR count). The van der Waals surface area contributed by atoms with Gasteiger partial charge in [-0.1, -0.05) is 0 Å². The van der Waals surface area contributed by atoms with Crippen LogP contribution in [0.1, 0.15) is 69.2 Å². The van der Waals surface area contributed by atoms with Gasteiger partial charge in [0, 0.05) is 18.5 Å². The van der Waals surface area contributed by atoms with Crippen molar-refractivity contribution in [3.8, 4) is 0 Å². The van der Waals surface area contributed by atoms with Gasteiger partial charge in [-0.25, -0.2) is 4.79 Å². The average molecular weight is 440 g/mol. The van der Waals surface area contributed by atoms with Crippen LogP contribution in [0.2, 0.25) is 0 Å². The zero-order chi connectivity index (χ0) is 20.1. The Morgan fingerprint density at radius 1 is 1.26 bits per heavy atom. The Balaban J connectivity index is 1.60.